The number of ether oxygens (including phenoxy) is 1. The lowest BCUT2D eigenvalue weighted by Gasteiger charge is -2.36. The van der Waals surface area contributed by atoms with Gasteiger partial charge in [0.05, 0.1) is 12.3 Å². The number of nitrogens with one attached hydrogen (secondary N) is 1. The smallest absolute Gasteiger partial charge is 0.193 e. The van der Waals surface area contributed by atoms with Crippen molar-refractivity contribution in [3.8, 4) is 0 Å². The van der Waals surface area contributed by atoms with E-state index in [1.807, 2.05) is 13.1 Å². The summed E-state index contributed by atoms with van der Waals surface area (Å²) < 4.78 is 10.5. The third kappa shape index (κ3) is 6.19. The van der Waals surface area contributed by atoms with Crippen LogP contribution in [0.4, 0.5) is 0 Å². The molecule has 1 aromatic rings. The average molecular weight is 323 g/mol. The van der Waals surface area contributed by atoms with E-state index >= 15 is 0 Å². The maximum Gasteiger partial charge on any atom is 0.193 e. The van der Waals surface area contributed by atoms with Crippen LogP contribution in [0.5, 0.6) is 0 Å². The van der Waals surface area contributed by atoms with Crippen molar-refractivity contribution in [2.24, 2.45) is 10.9 Å². The van der Waals surface area contributed by atoms with Gasteiger partial charge >= 0.3 is 0 Å². The van der Waals surface area contributed by atoms with Crippen molar-refractivity contribution in [3.05, 3.63) is 18.0 Å². The molecule has 1 N–H and O–H groups in total. The second kappa shape index (κ2) is 9.52. The first kappa shape index (κ1) is 17.7. The molecular formula is C16H29N5O2. The molecule has 1 saturated heterocycles. The summed E-state index contributed by atoms with van der Waals surface area (Å²) in [7, 11) is 1.83. The number of hydrogen-bond donors (Lipinski definition) is 1. The summed E-state index contributed by atoms with van der Waals surface area (Å²) in [4.78, 5) is 9.05. The van der Waals surface area contributed by atoms with Crippen LogP contribution in [0.1, 0.15) is 19.5 Å². The normalized spacial score (nSPS) is 17.0. The highest BCUT2D eigenvalue weighted by molar-refractivity contribution is 5.79. The van der Waals surface area contributed by atoms with Crippen molar-refractivity contribution >= 4 is 5.96 Å². The van der Waals surface area contributed by atoms with Gasteiger partial charge in [0.25, 0.3) is 0 Å². The number of hydrogen-bond acceptors (Lipinski definition) is 5. The summed E-state index contributed by atoms with van der Waals surface area (Å²) in [5.41, 5.74) is 0.989. The van der Waals surface area contributed by atoms with E-state index in [4.69, 9.17) is 9.26 Å². The van der Waals surface area contributed by atoms with Crippen molar-refractivity contribution < 1.29 is 9.26 Å². The number of guanidine groups is 1. The molecule has 1 fully saturated rings. The summed E-state index contributed by atoms with van der Waals surface area (Å²) in [5.74, 6) is 1.53. The highest BCUT2D eigenvalue weighted by Crippen LogP contribution is 2.07. The van der Waals surface area contributed by atoms with E-state index in [0.29, 0.717) is 12.5 Å². The third-order valence-electron chi connectivity index (χ3n) is 3.74. The second-order valence-electron chi connectivity index (χ2n) is 6.20. The molecule has 0 radical (unpaired) electrons. The van der Waals surface area contributed by atoms with Crippen LogP contribution < -0.4 is 5.32 Å². The number of nitrogens with zero attached hydrogens (tertiary/aromatic N) is 4. The topological polar surface area (TPSA) is 66.1 Å². The largest absolute Gasteiger partial charge is 0.379 e. The average Bonchev–Trinajstić information content (AvgIpc) is 3.05. The van der Waals surface area contributed by atoms with Gasteiger partial charge in [-0.3, -0.25) is 9.89 Å². The van der Waals surface area contributed by atoms with E-state index < -0.39 is 0 Å². The van der Waals surface area contributed by atoms with Crippen LogP contribution in [0.3, 0.4) is 0 Å². The first-order valence-corrected chi connectivity index (χ1v) is 8.34. The molecule has 0 aromatic carbocycles. The molecule has 1 aliphatic heterocycles. The molecule has 23 heavy (non-hydrogen) atoms. The number of aliphatic imine (C=N–C) groups is 1. The van der Waals surface area contributed by atoms with Gasteiger partial charge in [-0.1, -0.05) is 19.0 Å². The second-order valence-corrected chi connectivity index (χ2v) is 6.20. The maximum absolute atomic E-state index is 5.59. The summed E-state index contributed by atoms with van der Waals surface area (Å²) >= 11 is 0. The lowest BCUT2D eigenvalue weighted by molar-refractivity contribution is 0.113. The SMILES string of the molecule is CN=C(NCCOCC(C)C)N1CCN(Cc2ccon2)CC1. The predicted octanol–water partition coefficient (Wildman–Crippen LogP) is 1.04. The lowest BCUT2D eigenvalue weighted by Crippen LogP contribution is -2.52. The van der Waals surface area contributed by atoms with E-state index in [9.17, 15) is 0 Å². The molecule has 0 atom stereocenters. The Hall–Kier alpha value is -1.60. The number of aromatic nitrogens is 1. The van der Waals surface area contributed by atoms with Crippen molar-refractivity contribution in [3.63, 3.8) is 0 Å². The quantitative estimate of drug-likeness (QED) is 0.459. The molecule has 0 bridgehead atoms. The van der Waals surface area contributed by atoms with E-state index in [0.717, 1.165) is 57.5 Å². The van der Waals surface area contributed by atoms with Gasteiger partial charge in [0.2, 0.25) is 0 Å². The number of piperazine rings is 1. The molecule has 1 aliphatic rings. The van der Waals surface area contributed by atoms with Crippen molar-refractivity contribution in [2.45, 2.75) is 20.4 Å². The zero-order chi connectivity index (χ0) is 16.5. The fourth-order valence-corrected chi connectivity index (χ4v) is 2.55. The van der Waals surface area contributed by atoms with E-state index in [-0.39, 0.29) is 0 Å². The van der Waals surface area contributed by atoms with Crippen molar-refractivity contribution in [1.82, 2.24) is 20.3 Å². The van der Waals surface area contributed by atoms with Crippen LogP contribution in [-0.4, -0.2) is 73.9 Å². The van der Waals surface area contributed by atoms with Crippen LogP contribution in [0.15, 0.2) is 21.8 Å². The molecule has 7 nitrogen and oxygen atoms in total. The first-order chi connectivity index (χ1) is 11.2. The van der Waals surface area contributed by atoms with Crippen LogP contribution >= 0.6 is 0 Å². The zero-order valence-corrected chi connectivity index (χ0v) is 14.5. The Bertz CT molecular complexity index is 453. The van der Waals surface area contributed by atoms with Crippen LogP contribution in [0.25, 0.3) is 0 Å². The van der Waals surface area contributed by atoms with Crippen LogP contribution in [0.2, 0.25) is 0 Å². The van der Waals surface area contributed by atoms with Gasteiger partial charge in [-0.2, -0.15) is 0 Å². The molecule has 0 saturated carbocycles. The molecule has 7 heteroatoms. The van der Waals surface area contributed by atoms with Crippen LogP contribution in [-0.2, 0) is 11.3 Å². The Morgan fingerprint density at radius 2 is 2.17 bits per heavy atom. The van der Waals surface area contributed by atoms with Gasteiger partial charge < -0.3 is 19.5 Å². The molecular weight excluding hydrogens is 294 g/mol. The van der Waals surface area contributed by atoms with Gasteiger partial charge in [0.15, 0.2) is 5.96 Å². The monoisotopic (exact) mass is 323 g/mol. The lowest BCUT2D eigenvalue weighted by atomic mass is 10.2. The van der Waals surface area contributed by atoms with Gasteiger partial charge in [-0.25, -0.2) is 0 Å². The van der Waals surface area contributed by atoms with E-state index in [2.05, 4.69) is 39.1 Å². The summed E-state index contributed by atoms with van der Waals surface area (Å²) in [5, 5.41) is 7.35. The van der Waals surface area contributed by atoms with E-state index in [1.54, 1.807) is 6.26 Å². The standard InChI is InChI=1S/C16H29N5O2/c1-14(2)13-22-11-5-18-16(17-3)21-8-6-20(7-9-21)12-15-4-10-23-19-15/h4,10,14H,5-9,11-13H2,1-3H3,(H,17,18). The summed E-state index contributed by atoms with van der Waals surface area (Å²) in [6, 6.07) is 1.92. The zero-order valence-electron chi connectivity index (χ0n) is 14.5. The Morgan fingerprint density at radius 1 is 1.39 bits per heavy atom. The minimum Gasteiger partial charge on any atom is -0.379 e. The first-order valence-electron chi connectivity index (χ1n) is 8.34. The maximum atomic E-state index is 5.59. The minimum absolute atomic E-state index is 0.576. The number of rotatable bonds is 7. The summed E-state index contributed by atoms with van der Waals surface area (Å²) in [6.07, 6.45) is 1.62. The van der Waals surface area contributed by atoms with E-state index in [1.165, 1.54) is 0 Å². The van der Waals surface area contributed by atoms with Crippen molar-refractivity contribution in [1.29, 1.82) is 0 Å². The molecule has 0 amide bonds. The summed E-state index contributed by atoms with van der Waals surface area (Å²) in [6.45, 7) is 11.4. The fourth-order valence-electron chi connectivity index (χ4n) is 2.55. The minimum atomic E-state index is 0.576. The van der Waals surface area contributed by atoms with Crippen LogP contribution in [0, 0.1) is 5.92 Å². The predicted molar refractivity (Wildman–Crippen MR) is 90.4 cm³/mol. The molecule has 0 unspecified atom stereocenters. The molecule has 2 heterocycles. The molecule has 0 spiro atoms. The van der Waals surface area contributed by atoms with Gasteiger partial charge in [0, 0.05) is 59.0 Å². The fraction of sp³-hybridized carbons (Fsp3) is 0.750. The Labute approximate surface area is 138 Å². The highest BCUT2D eigenvalue weighted by atomic mass is 16.5. The third-order valence-corrected chi connectivity index (χ3v) is 3.74. The van der Waals surface area contributed by atoms with Crippen molar-refractivity contribution in [2.75, 3.05) is 53.0 Å². The highest BCUT2D eigenvalue weighted by Gasteiger charge is 2.20. The Morgan fingerprint density at radius 3 is 2.78 bits per heavy atom. The molecule has 0 aliphatic carbocycles. The molecule has 2 rings (SSSR count). The van der Waals surface area contributed by atoms with Gasteiger partial charge in [-0.15, -0.1) is 0 Å². The van der Waals surface area contributed by atoms with Gasteiger partial charge in [0.1, 0.15) is 6.26 Å². The van der Waals surface area contributed by atoms with Gasteiger partial charge in [-0.05, 0) is 5.92 Å². The molecule has 1 aromatic heterocycles. The Kier molecular flexibility index (Phi) is 7.35. The molecule has 130 valence electrons. The Balaban J connectivity index is 1.66.